The zero-order valence-corrected chi connectivity index (χ0v) is 17.5. The largest absolute Gasteiger partial charge is 0.507 e. The lowest BCUT2D eigenvalue weighted by Gasteiger charge is -2.12. The third kappa shape index (κ3) is 4.05. The summed E-state index contributed by atoms with van der Waals surface area (Å²) in [4.78, 5) is 0.304. The molecule has 0 radical (unpaired) electrons. The van der Waals surface area contributed by atoms with Crippen LogP contribution < -0.4 is 14.2 Å². The summed E-state index contributed by atoms with van der Waals surface area (Å²) in [5.74, 6) is 0.790. The van der Waals surface area contributed by atoms with Gasteiger partial charge in [-0.2, -0.15) is 5.10 Å². The minimum absolute atomic E-state index is 0.0882. The molecule has 3 N–H and O–H groups in total. The Kier molecular flexibility index (Phi) is 5.78. The molecule has 0 aliphatic rings. The first-order valence-electron chi connectivity index (χ1n) is 9.17. The Balaban J connectivity index is 1.63. The lowest BCUT2D eigenvalue weighted by atomic mass is 10.1. The quantitative estimate of drug-likeness (QED) is 0.378. The number of aliphatic hydroxyl groups excluding tert-OH is 1. The average Bonchev–Trinajstić information content (AvgIpc) is 3.40. The lowest BCUT2D eigenvalue weighted by molar-refractivity contribution is 0.281. The van der Waals surface area contributed by atoms with Crippen LogP contribution in [0, 0.1) is 0 Å². The maximum atomic E-state index is 13.0. The van der Waals surface area contributed by atoms with E-state index in [4.69, 9.17) is 19.1 Å². The molecule has 0 saturated carbocycles. The molecule has 1 atom stereocenters. The van der Waals surface area contributed by atoms with Crippen LogP contribution >= 0.6 is 0 Å². The van der Waals surface area contributed by atoms with Gasteiger partial charge in [0.25, 0.3) is 0 Å². The van der Waals surface area contributed by atoms with Gasteiger partial charge in [0, 0.05) is 11.8 Å². The van der Waals surface area contributed by atoms with Crippen molar-refractivity contribution in [3.8, 4) is 17.2 Å². The van der Waals surface area contributed by atoms with Crippen molar-refractivity contribution >= 4 is 27.8 Å². The van der Waals surface area contributed by atoms with Crippen LogP contribution in [0.25, 0.3) is 11.0 Å². The topological polar surface area (TPSA) is 132 Å². The number of phenolic OH excluding ortho intramolecular Hbond substituents is 1. The summed E-state index contributed by atoms with van der Waals surface area (Å²) in [7, 11) is 1.13. The average molecular weight is 444 g/mol. The molecule has 1 unspecified atom stereocenters. The van der Waals surface area contributed by atoms with Crippen molar-refractivity contribution in [2.75, 3.05) is 18.9 Å². The predicted octanol–water partition coefficient (Wildman–Crippen LogP) is 2.42. The molecule has 0 aliphatic heterocycles. The Morgan fingerprint density at radius 2 is 1.94 bits per heavy atom. The van der Waals surface area contributed by atoms with Gasteiger partial charge in [-0.3, -0.25) is 9.40 Å². The van der Waals surface area contributed by atoms with Gasteiger partial charge in [-0.1, -0.05) is 11.2 Å². The van der Waals surface area contributed by atoms with Crippen molar-refractivity contribution < 1.29 is 28.4 Å². The van der Waals surface area contributed by atoms with E-state index in [2.05, 4.69) is 15.0 Å². The number of hydrogen-bond acceptors (Lipinski definition) is 8. The number of methoxy groups -OCH3 is 2. The Morgan fingerprint density at radius 1 is 1.19 bits per heavy atom. The van der Waals surface area contributed by atoms with E-state index in [9.17, 15) is 9.32 Å². The molecule has 11 heteroatoms. The Labute approximate surface area is 179 Å². The molecule has 10 nitrogen and oxygen atoms in total. The van der Waals surface area contributed by atoms with E-state index in [1.807, 2.05) is 0 Å². The van der Waals surface area contributed by atoms with Crippen molar-refractivity contribution in [2.45, 2.75) is 18.0 Å². The molecule has 2 heterocycles. The molecule has 0 amide bonds. The molecule has 0 spiro atoms. The molecule has 0 aliphatic carbocycles. The number of aliphatic hydroxyl groups is 1. The normalized spacial score (nSPS) is 12.1. The van der Waals surface area contributed by atoms with E-state index >= 15 is 0 Å². The minimum atomic E-state index is -1.81. The maximum absolute atomic E-state index is 13.0. The summed E-state index contributed by atoms with van der Waals surface area (Å²) in [6.45, 7) is 0.257. The van der Waals surface area contributed by atoms with Gasteiger partial charge < -0.3 is 24.2 Å². The number of nitrogens with one attached hydrogen (secondary N) is 1. The summed E-state index contributed by atoms with van der Waals surface area (Å²) in [5, 5.41) is 28.1. The van der Waals surface area contributed by atoms with Gasteiger partial charge in [-0.25, -0.2) is 4.21 Å². The van der Waals surface area contributed by atoms with E-state index in [0.717, 1.165) is 0 Å². The molecule has 0 bridgehead atoms. The van der Waals surface area contributed by atoms with Crippen LogP contribution in [0.4, 0.5) is 5.82 Å². The number of aromatic nitrogens is 3. The van der Waals surface area contributed by atoms with E-state index in [1.165, 1.54) is 14.2 Å². The van der Waals surface area contributed by atoms with Crippen LogP contribution in [0.3, 0.4) is 0 Å². The summed E-state index contributed by atoms with van der Waals surface area (Å²) < 4.78 is 33.3. The first-order valence-corrected chi connectivity index (χ1v) is 10.3. The maximum Gasteiger partial charge on any atom is 0.193 e. The molecule has 0 saturated heterocycles. The van der Waals surface area contributed by atoms with Gasteiger partial charge in [0.2, 0.25) is 0 Å². The first kappa shape index (κ1) is 20.7. The second kappa shape index (κ2) is 8.66. The lowest BCUT2D eigenvalue weighted by Crippen LogP contribution is -2.08. The zero-order valence-electron chi connectivity index (χ0n) is 16.7. The summed E-state index contributed by atoms with van der Waals surface area (Å²) in [6.07, 6.45) is 3.27. The SMILES string of the molecule is COc1cccc(OC)c1S(=O)Nc1noc2cc(Cn3cc(CO)cn3)cc(O)c12. The van der Waals surface area contributed by atoms with Crippen LogP contribution in [-0.2, 0) is 24.1 Å². The second-order valence-electron chi connectivity index (χ2n) is 6.59. The number of fused-ring (bicyclic) bond motifs is 1. The number of phenols is 1. The predicted molar refractivity (Wildman–Crippen MR) is 113 cm³/mol. The monoisotopic (exact) mass is 444 g/mol. The fourth-order valence-electron chi connectivity index (χ4n) is 3.17. The van der Waals surface area contributed by atoms with Gasteiger partial charge >= 0.3 is 0 Å². The summed E-state index contributed by atoms with van der Waals surface area (Å²) >= 11 is 0. The van der Waals surface area contributed by atoms with Crippen molar-refractivity contribution in [1.82, 2.24) is 14.9 Å². The Morgan fingerprint density at radius 3 is 2.58 bits per heavy atom. The van der Waals surface area contributed by atoms with Gasteiger partial charge in [-0.15, -0.1) is 0 Å². The highest BCUT2D eigenvalue weighted by molar-refractivity contribution is 7.86. The van der Waals surface area contributed by atoms with Crippen molar-refractivity contribution in [2.24, 2.45) is 0 Å². The molecule has 162 valence electrons. The number of ether oxygens (including phenoxy) is 2. The Hall–Kier alpha value is -3.57. The van der Waals surface area contributed by atoms with E-state index in [0.29, 0.717) is 45.0 Å². The second-order valence-corrected chi connectivity index (χ2v) is 7.74. The molecule has 0 fully saturated rings. The van der Waals surface area contributed by atoms with Gasteiger partial charge in [0.05, 0.1) is 33.6 Å². The molecular weight excluding hydrogens is 424 g/mol. The summed E-state index contributed by atoms with van der Waals surface area (Å²) in [6, 6.07) is 8.32. The number of rotatable bonds is 8. The van der Waals surface area contributed by atoms with Crippen LogP contribution in [0.1, 0.15) is 11.1 Å². The van der Waals surface area contributed by atoms with E-state index in [-0.39, 0.29) is 18.2 Å². The highest BCUT2D eigenvalue weighted by Crippen LogP contribution is 2.36. The number of nitrogens with zero attached hydrogens (tertiary/aromatic N) is 3. The van der Waals surface area contributed by atoms with Crippen molar-refractivity contribution in [3.63, 3.8) is 0 Å². The van der Waals surface area contributed by atoms with Crippen molar-refractivity contribution in [1.29, 1.82) is 0 Å². The smallest absolute Gasteiger partial charge is 0.193 e. The molecule has 2 aromatic carbocycles. The molecule has 2 aromatic heterocycles. The molecular formula is C20H20N4O6S. The summed E-state index contributed by atoms with van der Waals surface area (Å²) in [5.41, 5.74) is 1.72. The fraction of sp³-hybridized carbons (Fsp3) is 0.200. The van der Waals surface area contributed by atoms with Crippen LogP contribution in [0.15, 0.2) is 52.1 Å². The third-order valence-electron chi connectivity index (χ3n) is 4.58. The molecule has 4 aromatic rings. The highest BCUT2D eigenvalue weighted by atomic mass is 32.2. The standard InChI is InChI=1S/C20H20N4O6S/c1-28-15-4-3-5-16(29-2)19(15)31(27)23-20-18-14(26)6-12(7-17(18)30-22-20)9-24-10-13(11-25)8-21-24/h3-8,10,25-26H,9,11H2,1-2H3,(H,22,23). The number of aromatic hydroxyl groups is 1. The highest BCUT2D eigenvalue weighted by Gasteiger charge is 2.21. The van der Waals surface area contributed by atoms with Crippen LogP contribution in [-0.4, -0.2) is 43.6 Å². The third-order valence-corrected chi connectivity index (χ3v) is 5.74. The minimum Gasteiger partial charge on any atom is -0.507 e. The van der Waals surface area contributed by atoms with Crippen LogP contribution in [0.5, 0.6) is 17.2 Å². The van der Waals surface area contributed by atoms with E-state index in [1.54, 1.807) is 47.4 Å². The van der Waals surface area contributed by atoms with E-state index < -0.39 is 11.0 Å². The number of anilines is 1. The number of benzene rings is 2. The first-order chi connectivity index (χ1) is 15.0. The zero-order chi connectivity index (χ0) is 22.0. The fourth-order valence-corrected chi connectivity index (χ4v) is 4.25. The Bertz CT molecular complexity index is 1230. The van der Waals surface area contributed by atoms with Crippen molar-refractivity contribution in [3.05, 3.63) is 53.9 Å². The molecule has 31 heavy (non-hydrogen) atoms. The van der Waals surface area contributed by atoms with Gasteiger partial charge in [0.1, 0.15) is 27.5 Å². The molecule has 4 rings (SSSR count). The van der Waals surface area contributed by atoms with Crippen LogP contribution in [0.2, 0.25) is 0 Å². The van der Waals surface area contributed by atoms with Gasteiger partial charge in [-0.05, 0) is 29.8 Å². The van der Waals surface area contributed by atoms with Gasteiger partial charge in [0.15, 0.2) is 22.4 Å². The number of hydrogen-bond donors (Lipinski definition) is 3.